The van der Waals surface area contributed by atoms with Gasteiger partial charge in [-0.1, -0.05) is 24.8 Å². The van der Waals surface area contributed by atoms with Crippen LogP contribution in [0.15, 0.2) is 29.6 Å². The minimum Gasteiger partial charge on any atom is -0.481 e. The number of aliphatic carboxylic acids is 1. The van der Waals surface area contributed by atoms with Crippen molar-refractivity contribution in [2.24, 2.45) is 5.92 Å². The smallest absolute Gasteiger partial charge is 0.308 e. The Bertz CT molecular complexity index is 754. The molecule has 0 aliphatic heterocycles. The van der Waals surface area contributed by atoms with E-state index in [-0.39, 0.29) is 18.5 Å². The molecule has 2 heterocycles. The molecule has 2 aromatic heterocycles. The van der Waals surface area contributed by atoms with Gasteiger partial charge in [-0.2, -0.15) is 0 Å². The molecule has 0 spiro atoms. The first-order valence-corrected chi connectivity index (χ1v) is 8.80. The Kier molecular flexibility index (Phi) is 4.30. The van der Waals surface area contributed by atoms with Crippen molar-refractivity contribution in [1.82, 2.24) is 14.3 Å². The molecule has 1 unspecified atom stereocenters. The highest BCUT2D eigenvalue weighted by molar-refractivity contribution is 7.98. The van der Waals surface area contributed by atoms with Crippen molar-refractivity contribution in [2.75, 3.05) is 12.8 Å². The minimum absolute atomic E-state index is 0.141. The second-order valence-electron chi connectivity index (χ2n) is 5.83. The Balaban J connectivity index is 1.96. The number of carboxylic acids is 1. The van der Waals surface area contributed by atoms with Crippen molar-refractivity contribution in [2.45, 2.75) is 31.0 Å². The summed E-state index contributed by atoms with van der Waals surface area (Å²) in [6.07, 6.45) is 5.66. The van der Waals surface area contributed by atoms with Gasteiger partial charge in [-0.05, 0) is 31.2 Å². The Morgan fingerprint density at radius 2 is 2.22 bits per heavy atom. The molecule has 1 N–H and O–H groups in total. The summed E-state index contributed by atoms with van der Waals surface area (Å²) in [5, 5.41) is 9.89. The number of hydrogen-bond donors (Lipinski definition) is 1. The third-order valence-electron chi connectivity index (χ3n) is 4.04. The molecule has 6 nitrogen and oxygen atoms in total. The molecule has 7 heteroatoms. The maximum absolute atomic E-state index is 13.0. The first-order valence-electron chi connectivity index (χ1n) is 7.57. The van der Waals surface area contributed by atoms with E-state index < -0.39 is 11.9 Å². The summed E-state index contributed by atoms with van der Waals surface area (Å²) >= 11 is 1.48. The summed E-state index contributed by atoms with van der Waals surface area (Å²) in [7, 11) is 0. The van der Waals surface area contributed by atoms with Gasteiger partial charge in [-0.3, -0.25) is 14.0 Å². The van der Waals surface area contributed by atoms with Gasteiger partial charge in [0.15, 0.2) is 10.9 Å². The highest BCUT2D eigenvalue weighted by Gasteiger charge is 2.36. The van der Waals surface area contributed by atoms with Crippen molar-refractivity contribution < 1.29 is 14.7 Å². The molecule has 122 valence electrons. The number of hydrogen-bond acceptors (Lipinski definition) is 4. The van der Waals surface area contributed by atoms with Crippen LogP contribution >= 0.6 is 11.8 Å². The predicted molar refractivity (Wildman–Crippen MR) is 87.8 cm³/mol. The monoisotopic (exact) mass is 333 g/mol. The Morgan fingerprint density at radius 3 is 2.83 bits per heavy atom. The van der Waals surface area contributed by atoms with Gasteiger partial charge in [0, 0.05) is 18.8 Å². The van der Waals surface area contributed by atoms with E-state index in [0.29, 0.717) is 5.69 Å². The summed E-state index contributed by atoms with van der Waals surface area (Å²) in [4.78, 5) is 30.3. The molecular weight excluding hydrogens is 314 g/mol. The lowest BCUT2D eigenvalue weighted by atomic mass is 10.1. The summed E-state index contributed by atoms with van der Waals surface area (Å²) in [5.41, 5.74) is 1.16. The van der Waals surface area contributed by atoms with Gasteiger partial charge in [0.2, 0.25) is 0 Å². The quantitative estimate of drug-likeness (QED) is 0.822. The number of carbonyl (C=O) groups excluding carboxylic acids is 1. The summed E-state index contributed by atoms with van der Waals surface area (Å²) in [6.45, 7) is 1.85. The largest absolute Gasteiger partial charge is 0.481 e. The fraction of sp³-hybridized carbons (Fsp3) is 0.438. The van der Waals surface area contributed by atoms with Gasteiger partial charge in [0.1, 0.15) is 0 Å². The SMILES string of the molecule is CSc1nc(C(=O)N(CC(C)C(=O)O)C2CC2)c2ccccn12. The van der Waals surface area contributed by atoms with Crippen LogP contribution in [0.4, 0.5) is 0 Å². The van der Waals surface area contributed by atoms with Gasteiger partial charge in [0.25, 0.3) is 5.91 Å². The zero-order valence-corrected chi connectivity index (χ0v) is 13.9. The fourth-order valence-corrected chi connectivity index (χ4v) is 3.14. The predicted octanol–water partition coefficient (Wildman–Crippen LogP) is 2.38. The third-order valence-corrected chi connectivity index (χ3v) is 4.69. The molecule has 0 saturated heterocycles. The molecule has 23 heavy (non-hydrogen) atoms. The number of rotatable bonds is 6. The van der Waals surface area contributed by atoms with E-state index in [0.717, 1.165) is 23.5 Å². The molecule has 0 aromatic carbocycles. The lowest BCUT2D eigenvalue weighted by Crippen LogP contribution is -2.38. The topological polar surface area (TPSA) is 74.9 Å². The Morgan fingerprint density at radius 1 is 1.48 bits per heavy atom. The Hall–Kier alpha value is -2.02. The molecule has 1 amide bonds. The van der Waals surface area contributed by atoms with E-state index in [1.165, 1.54) is 11.8 Å². The van der Waals surface area contributed by atoms with Crippen molar-refractivity contribution in [3.05, 3.63) is 30.1 Å². The van der Waals surface area contributed by atoms with Gasteiger partial charge < -0.3 is 10.0 Å². The standard InChI is InChI=1S/C16H19N3O3S/c1-10(15(21)22)9-19(11-6-7-11)14(20)13-12-5-3-4-8-18(12)16(17-13)23-2/h3-5,8,10-11H,6-7,9H2,1-2H3,(H,21,22). The van der Waals surface area contributed by atoms with E-state index in [1.54, 1.807) is 11.8 Å². The van der Waals surface area contributed by atoms with Crippen LogP contribution in [0.2, 0.25) is 0 Å². The van der Waals surface area contributed by atoms with E-state index in [9.17, 15) is 9.59 Å². The molecule has 3 rings (SSSR count). The normalized spacial score (nSPS) is 15.6. The highest BCUT2D eigenvalue weighted by Crippen LogP contribution is 2.30. The van der Waals surface area contributed by atoms with Crippen LogP contribution in [0.5, 0.6) is 0 Å². The second-order valence-corrected chi connectivity index (χ2v) is 6.60. The summed E-state index contributed by atoms with van der Waals surface area (Å²) < 4.78 is 1.89. The van der Waals surface area contributed by atoms with E-state index in [4.69, 9.17) is 5.11 Å². The molecule has 2 aromatic rings. The summed E-state index contributed by atoms with van der Waals surface area (Å²) in [5.74, 6) is -1.65. The van der Waals surface area contributed by atoms with Crippen LogP contribution in [0, 0.1) is 5.92 Å². The number of carbonyl (C=O) groups is 2. The van der Waals surface area contributed by atoms with Crippen LogP contribution < -0.4 is 0 Å². The third kappa shape index (κ3) is 3.06. The lowest BCUT2D eigenvalue weighted by molar-refractivity contribution is -0.141. The molecule has 1 aliphatic rings. The van der Waals surface area contributed by atoms with E-state index >= 15 is 0 Å². The number of fused-ring (bicyclic) bond motifs is 1. The first kappa shape index (κ1) is 15.9. The van der Waals surface area contributed by atoms with E-state index in [1.807, 2.05) is 35.1 Å². The lowest BCUT2D eigenvalue weighted by Gasteiger charge is -2.23. The van der Waals surface area contributed by atoms with Crippen molar-refractivity contribution in [3.63, 3.8) is 0 Å². The van der Waals surface area contributed by atoms with Crippen LogP contribution in [0.1, 0.15) is 30.3 Å². The molecule has 1 fully saturated rings. The number of pyridine rings is 1. The zero-order valence-electron chi connectivity index (χ0n) is 13.1. The molecule has 1 atom stereocenters. The van der Waals surface area contributed by atoms with Crippen LogP contribution in [-0.4, -0.2) is 50.1 Å². The number of amides is 1. The van der Waals surface area contributed by atoms with Crippen molar-refractivity contribution in [1.29, 1.82) is 0 Å². The number of nitrogens with zero attached hydrogens (tertiary/aromatic N) is 3. The number of carboxylic acid groups (broad SMARTS) is 1. The maximum Gasteiger partial charge on any atom is 0.308 e. The zero-order chi connectivity index (χ0) is 16.6. The molecule has 0 radical (unpaired) electrons. The molecule has 0 bridgehead atoms. The number of aromatic nitrogens is 2. The van der Waals surface area contributed by atoms with Gasteiger partial charge in [0.05, 0.1) is 11.4 Å². The fourth-order valence-electron chi connectivity index (χ4n) is 2.60. The van der Waals surface area contributed by atoms with Gasteiger partial charge >= 0.3 is 5.97 Å². The van der Waals surface area contributed by atoms with Gasteiger partial charge in [-0.25, -0.2) is 4.98 Å². The number of thioether (sulfide) groups is 1. The minimum atomic E-state index is -0.886. The van der Waals surface area contributed by atoms with Crippen molar-refractivity contribution in [3.8, 4) is 0 Å². The van der Waals surface area contributed by atoms with Crippen molar-refractivity contribution >= 4 is 29.2 Å². The first-order chi connectivity index (χ1) is 11.0. The van der Waals surface area contributed by atoms with Crippen LogP contribution in [-0.2, 0) is 4.79 Å². The molecule has 1 aliphatic carbocycles. The average Bonchev–Trinajstić information content (AvgIpc) is 3.32. The van der Waals surface area contributed by atoms with Gasteiger partial charge in [-0.15, -0.1) is 0 Å². The number of imidazole rings is 1. The van der Waals surface area contributed by atoms with Crippen LogP contribution in [0.3, 0.4) is 0 Å². The average molecular weight is 333 g/mol. The second kappa shape index (κ2) is 6.23. The molecule has 1 saturated carbocycles. The van der Waals surface area contributed by atoms with E-state index in [2.05, 4.69) is 4.98 Å². The molecular formula is C16H19N3O3S. The van der Waals surface area contributed by atoms with Crippen LogP contribution in [0.25, 0.3) is 5.52 Å². The maximum atomic E-state index is 13.0. The Labute approximate surface area is 138 Å². The summed E-state index contributed by atoms with van der Waals surface area (Å²) in [6, 6.07) is 5.78. The highest BCUT2D eigenvalue weighted by atomic mass is 32.2.